The summed E-state index contributed by atoms with van der Waals surface area (Å²) < 4.78 is 0. The third kappa shape index (κ3) is 2.76. The van der Waals surface area contributed by atoms with Crippen molar-refractivity contribution < 1.29 is 0 Å². The summed E-state index contributed by atoms with van der Waals surface area (Å²) >= 11 is 0. The highest BCUT2D eigenvalue weighted by Crippen LogP contribution is 2.42. The zero-order valence-electron chi connectivity index (χ0n) is 14.4. The molecule has 4 nitrogen and oxygen atoms in total. The van der Waals surface area contributed by atoms with Crippen molar-refractivity contribution in [3.63, 3.8) is 0 Å². The Balaban J connectivity index is 1.68. The number of hydrogen-bond acceptors (Lipinski definition) is 4. The van der Waals surface area contributed by atoms with E-state index >= 15 is 0 Å². The second kappa shape index (κ2) is 5.48. The van der Waals surface area contributed by atoms with E-state index in [0.717, 1.165) is 18.6 Å². The largest absolute Gasteiger partial charge is 0.329 e. The summed E-state index contributed by atoms with van der Waals surface area (Å²) in [5, 5.41) is 0. The number of piperidine rings is 1. The quantitative estimate of drug-likeness (QED) is 0.834. The maximum atomic E-state index is 6.31. The van der Waals surface area contributed by atoms with Gasteiger partial charge in [0.15, 0.2) is 0 Å². The molecule has 0 aromatic heterocycles. The molecule has 122 valence electrons. The third-order valence-corrected chi connectivity index (χ3v) is 6.50. The summed E-state index contributed by atoms with van der Waals surface area (Å²) in [6.07, 6.45) is 5.33. The maximum absolute atomic E-state index is 6.31. The molecule has 2 unspecified atom stereocenters. The van der Waals surface area contributed by atoms with Crippen molar-refractivity contribution in [3.05, 3.63) is 0 Å². The summed E-state index contributed by atoms with van der Waals surface area (Å²) in [5.41, 5.74) is 6.89. The second-order valence-electron chi connectivity index (χ2n) is 8.53. The number of hydrogen-bond donors (Lipinski definition) is 1. The Labute approximate surface area is 130 Å². The Morgan fingerprint density at radius 1 is 1.00 bits per heavy atom. The lowest BCUT2D eigenvalue weighted by atomic mass is 9.80. The molecule has 2 atom stereocenters. The molecule has 3 aliphatic heterocycles. The van der Waals surface area contributed by atoms with Gasteiger partial charge in [-0.05, 0) is 53.5 Å². The molecule has 2 bridgehead atoms. The van der Waals surface area contributed by atoms with Crippen LogP contribution in [0.3, 0.4) is 0 Å². The molecule has 0 aromatic carbocycles. The Morgan fingerprint density at radius 2 is 1.52 bits per heavy atom. The van der Waals surface area contributed by atoms with Gasteiger partial charge in [0.05, 0.1) is 0 Å². The maximum Gasteiger partial charge on any atom is 0.0362 e. The summed E-state index contributed by atoms with van der Waals surface area (Å²) in [6, 6.07) is 1.54. The smallest absolute Gasteiger partial charge is 0.0362 e. The highest BCUT2D eigenvalue weighted by atomic mass is 15.3. The van der Waals surface area contributed by atoms with E-state index in [1.807, 2.05) is 0 Å². The van der Waals surface area contributed by atoms with Crippen molar-refractivity contribution in [2.24, 2.45) is 5.73 Å². The van der Waals surface area contributed by atoms with Crippen molar-refractivity contribution in [1.82, 2.24) is 14.7 Å². The molecule has 3 fully saturated rings. The van der Waals surface area contributed by atoms with Gasteiger partial charge in [0.1, 0.15) is 0 Å². The fourth-order valence-corrected chi connectivity index (χ4v) is 4.95. The summed E-state index contributed by atoms with van der Waals surface area (Å²) in [7, 11) is 2.32. The molecule has 3 aliphatic rings. The van der Waals surface area contributed by atoms with Gasteiger partial charge in [-0.1, -0.05) is 0 Å². The van der Waals surface area contributed by atoms with Gasteiger partial charge in [0, 0.05) is 55.9 Å². The lowest BCUT2D eigenvalue weighted by molar-refractivity contribution is -0.0391. The van der Waals surface area contributed by atoms with Gasteiger partial charge in [-0.3, -0.25) is 9.80 Å². The van der Waals surface area contributed by atoms with Gasteiger partial charge >= 0.3 is 0 Å². The van der Waals surface area contributed by atoms with Crippen LogP contribution in [-0.2, 0) is 0 Å². The van der Waals surface area contributed by atoms with Gasteiger partial charge in [-0.15, -0.1) is 0 Å². The average molecular weight is 294 g/mol. The van der Waals surface area contributed by atoms with Crippen molar-refractivity contribution in [2.45, 2.75) is 69.6 Å². The Bertz CT molecular complexity index is 353. The van der Waals surface area contributed by atoms with E-state index in [4.69, 9.17) is 5.73 Å². The highest BCUT2D eigenvalue weighted by Gasteiger charge is 2.49. The zero-order chi connectivity index (χ0) is 15.3. The molecule has 2 N–H and O–H groups in total. The number of piperazine rings is 1. The Kier molecular flexibility index (Phi) is 4.11. The van der Waals surface area contributed by atoms with Crippen LogP contribution in [0.4, 0.5) is 0 Å². The first kappa shape index (κ1) is 15.7. The molecule has 21 heavy (non-hydrogen) atoms. The molecular formula is C17H34N4. The highest BCUT2D eigenvalue weighted by molar-refractivity contribution is 5.07. The first-order chi connectivity index (χ1) is 9.86. The van der Waals surface area contributed by atoms with Crippen molar-refractivity contribution in [1.29, 1.82) is 0 Å². The fraction of sp³-hybridized carbons (Fsp3) is 1.00. The molecule has 0 saturated carbocycles. The topological polar surface area (TPSA) is 35.7 Å². The normalized spacial score (nSPS) is 39.9. The SMILES string of the molecule is CN1C2CCC1CC(CN)(N1CCN(C(C)(C)C)CC1)C2. The monoisotopic (exact) mass is 294 g/mol. The minimum Gasteiger partial charge on any atom is -0.329 e. The number of nitrogens with two attached hydrogens (primary N) is 1. The molecule has 0 aromatic rings. The van der Waals surface area contributed by atoms with Gasteiger partial charge in [0.2, 0.25) is 0 Å². The van der Waals surface area contributed by atoms with Crippen LogP contribution in [-0.4, -0.2) is 77.6 Å². The van der Waals surface area contributed by atoms with Crippen LogP contribution in [0.5, 0.6) is 0 Å². The lowest BCUT2D eigenvalue weighted by Crippen LogP contribution is -2.66. The van der Waals surface area contributed by atoms with Crippen molar-refractivity contribution >= 4 is 0 Å². The third-order valence-electron chi connectivity index (χ3n) is 6.50. The van der Waals surface area contributed by atoms with E-state index in [1.165, 1.54) is 51.9 Å². The average Bonchev–Trinajstić information content (AvgIpc) is 2.69. The molecule has 3 rings (SSSR count). The zero-order valence-corrected chi connectivity index (χ0v) is 14.4. The Morgan fingerprint density at radius 3 is 1.95 bits per heavy atom. The predicted octanol–water partition coefficient (Wildman–Crippen LogP) is 1.36. The van der Waals surface area contributed by atoms with E-state index in [2.05, 4.69) is 42.5 Å². The van der Waals surface area contributed by atoms with Gasteiger partial charge < -0.3 is 10.6 Å². The molecule has 4 heteroatoms. The van der Waals surface area contributed by atoms with Crippen LogP contribution in [0, 0.1) is 0 Å². The molecular weight excluding hydrogens is 260 g/mol. The van der Waals surface area contributed by atoms with Crippen LogP contribution in [0.15, 0.2) is 0 Å². The van der Waals surface area contributed by atoms with Crippen LogP contribution >= 0.6 is 0 Å². The summed E-state index contributed by atoms with van der Waals surface area (Å²) in [6.45, 7) is 12.6. The van der Waals surface area contributed by atoms with E-state index in [-0.39, 0.29) is 5.54 Å². The number of fused-ring (bicyclic) bond motifs is 2. The predicted molar refractivity (Wildman–Crippen MR) is 88.5 cm³/mol. The van der Waals surface area contributed by atoms with Gasteiger partial charge in [-0.2, -0.15) is 0 Å². The molecule has 0 amide bonds. The summed E-state index contributed by atoms with van der Waals surface area (Å²) in [4.78, 5) is 7.99. The minimum atomic E-state index is 0.280. The van der Waals surface area contributed by atoms with Crippen LogP contribution in [0.25, 0.3) is 0 Å². The Hall–Kier alpha value is -0.160. The van der Waals surface area contributed by atoms with Gasteiger partial charge in [0.25, 0.3) is 0 Å². The molecule has 0 aliphatic carbocycles. The lowest BCUT2D eigenvalue weighted by Gasteiger charge is -2.54. The fourth-order valence-electron chi connectivity index (χ4n) is 4.95. The van der Waals surface area contributed by atoms with E-state index in [9.17, 15) is 0 Å². The number of nitrogens with zero attached hydrogens (tertiary/aromatic N) is 3. The molecule has 3 heterocycles. The van der Waals surface area contributed by atoms with E-state index in [1.54, 1.807) is 0 Å². The molecule has 0 radical (unpaired) electrons. The van der Waals surface area contributed by atoms with Crippen LogP contribution in [0.1, 0.15) is 46.5 Å². The first-order valence-electron chi connectivity index (χ1n) is 8.78. The van der Waals surface area contributed by atoms with Crippen LogP contribution < -0.4 is 5.73 Å². The molecule has 3 saturated heterocycles. The van der Waals surface area contributed by atoms with E-state index < -0.39 is 0 Å². The standard InChI is InChI=1S/C17H34N4/c1-16(2,3)20-7-9-21(10-8-20)17(13-18)11-14-5-6-15(12-17)19(14)4/h14-15H,5-13,18H2,1-4H3. The minimum absolute atomic E-state index is 0.280. The second-order valence-corrected chi connectivity index (χ2v) is 8.53. The van der Waals surface area contributed by atoms with Crippen LogP contribution in [0.2, 0.25) is 0 Å². The van der Waals surface area contributed by atoms with Crippen molar-refractivity contribution in [2.75, 3.05) is 39.8 Å². The number of rotatable bonds is 2. The van der Waals surface area contributed by atoms with Crippen molar-refractivity contribution in [3.8, 4) is 0 Å². The van der Waals surface area contributed by atoms with E-state index in [0.29, 0.717) is 5.54 Å². The van der Waals surface area contributed by atoms with Gasteiger partial charge in [-0.25, -0.2) is 0 Å². The molecule has 0 spiro atoms. The summed E-state index contributed by atoms with van der Waals surface area (Å²) in [5.74, 6) is 0. The first-order valence-corrected chi connectivity index (χ1v) is 8.78.